The van der Waals surface area contributed by atoms with Crippen molar-refractivity contribution in [1.82, 2.24) is 20.2 Å². The van der Waals surface area contributed by atoms with Gasteiger partial charge in [0.05, 0.1) is 12.5 Å². The van der Waals surface area contributed by atoms with Crippen LogP contribution in [0.5, 0.6) is 0 Å². The zero-order valence-corrected chi connectivity index (χ0v) is 23.4. The molecule has 2 aliphatic heterocycles. The second-order valence-electron chi connectivity index (χ2n) is 12.7. The fourth-order valence-electron chi connectivity index (χ4n) is 6.55. The van der Waals surface area contributed by atoms with E-state index in [0.717, 1.165) is 58.0 Å². The molecule has 1 saturated heterocycles. The van der Waals surface area contributed by atoms with Gasteiger partial charge in [0.25, 0.3) is 0 Å². The van der Waals surface area contributed by atoms with Gasteiger partial charge in [0.1, 0.15) is 6.04 Å². The number of fused-ring (bicyclic) bond motifs is 1. The Morgan fingerprint density at radius 1 is 1.08 bits per heavy atom. The molecule has 2 fully saturated rings. The molecule has 1 aromatic carbocycles. The van der Waals surface area contributed by atoms with E-state index >= 15 is 0 Å². The summed E-state index contributed by atoms with van der Waals surface area (Å²) in [6.45, 7) is 9.27. The average molecular weight is 527 g/mol. The van der Waals surface area contributed by atoms with Crippen molar-refractivity contribution in [3.8, 4) is 0 Å². The molecule has 8 nitrogen and oxygen atoms in total. The molecular weight excluding hydrogens is 480 g/mol. The third-order valence-electron chi connectivity index (χ3n) is 8.84. The van der Waals surface area contributed by atoms with E-state index in [1.165, 1.54) is 11.1 Å². The second kappa shape index (κ2) is 12.6. The number of rotatable bonds is 9. The molecular formula is C30H46N4O4. The molecule has 2 heterocycles. The maximum atomic E-state index is 13.8. The van der Waals surface area contributed by atoms with Crippen molar-refractivity contribution in [1.29, 1.82) is 0 Å². The van der Waals surface area contributed by atoms with Gasteiger partial charge in [0, 0.05) is 32.2 Å². The van der Waals surface area contributed by atoms with Gasteiger partial charge in [-0.25, -0.2) is 5.06 Å². The van der Waals surface area contributed by atoms with Crippen molar-refractivity contribution in [2.45, 2.75) is 90.8 Å². The van der Waals surface area contributed by atoms with Crippen molar-refractivity contribution >= 4 is 18.2 Å². The fraction of sp³-hybridized carbons (Fsp3) is 0.700. The lowest BCUT2D eigenvalue weighted by molar-refractivity contribution is -0.156. The Morgan fingerprint density at radius 3 is 2.37 bits per heavy atom. The Labute approximate surface area is 227 Å². The van der Waals surface area contributed by atoms with Gasteiger partial charge in [-0.15, -0.1) is 0 Å². The highest BCUT2D eigenvalue weighted by molar-refractivity contribution is 5.89. The number of nitrogens with one attached hydrogen (secondary N) is 1. The van der Waals surface area contributed by atoms with Gasteiger partial charge in [-0.1, -0.05) is 70.7 Å². The SMILES string of the molecule is CC(C)(C)[C@H](NC(=O)[C@H](CC1CCCC1)CN(O)C=O)C(=O)N1CCC(N2CCc3ccccc3C2)CC1. The molecule has 3 aliphatic rings. The van der Waals surface area contributed by atoms with Crippen LogP contribution in [-0.4, -0.2) is 76.6 Å². The Kier molecular flexibility index (Phi) is 9.47. The molecule has 210 valence electrons. The number of likely N-dealkylation sites (tertiary alicyclic amines) is 1. The molecule has 0 bridgehead atoms. The van der Waals surface area contributed by atoms with Gasteiger partial charge in [0.15, 0.2) is 0 Å². The normalized spacial score (nSPS) is 21.0. The van der Waals surface area contributed by atoms with E-state index in [9.17, 15) is 19.6 Å². The van der Waals surface area contributed by atoms with E-state index in [-0.39, 0.29) is 18.4 Å². The van der Waals surface area contributed by atoms with E-state index in [2.05, 4.69) is 34.5 Å². The number of piperidine rings is 1. The van der Waals surface area contributed by atoms with E-state index in [1.54, 1.807) is 0 Å². The van der Waals surface area contributed by atoms with Gasteiger partial charge in [-0.05, 0) is 48.1 Å². The number of carbonyl (C=O) groups excluding carboxylic acids is 3. The van der Waals surface area contributed by atoms with Gasteiger partial charge in [0.2, 0.25) is 18.2 Å². The standard InChI is InChI=1S/C30H46N4O4/c1-30(2,3)27(31-28(36)25(20-34(38)21-35)18-22-8-4-5-9-22)29(37)32-16-13-26(14-17-32)33-15-12-23-10-6-7-11-24(23)19-33/h6-7,10-11,21-22,25-27,38H,4-5,8-9,12-20H2,1-3H3,(H,31,36)/t25-,27-/m1/s1. The topological polar surface area (TPSA) is 93.2 Å². The number of amides is 3. The summed E-state index contributed by atoms with van der Waals surface area (Å²) >= 11 is 0. The van der Waals surface area contributed by atoms with Gasteiger partial charge < -0.3 is 10.2 Å². The second-order valence-corrected chi connectivity index (χ2v) is 12.7. The van der Waals surface area contributed by atoms with Crippen molar-refractivity contribution in [2.24, 2.45) is 17.3 Å². The zero-order chi connectivity index (χ0) is 27.3. The molecule has 2 atom stereocenters. The quantitative estimate of drug-likeness (QED) is 0.291. The molecule has 3 amide bonds. The third kappa shape index (κ3) is 7.14. The summed E-state index contributed by atoms with van der Waals surface area (Å²) in [5.41, 5.74) is 2.39. The van der Waals surface area contributed by atoms with Crippen LogP contribution in [0, 0.1) is 17.3 Å². The minimum Gasteiger partial charge on any atom is -0.344 e. The number of hydrogen-bond donors (Lipinski definition) is 2. The van der Waals surface area contributed by atoms with Crippen LogP contribution in [0.2, 0.25) is 0 Å². The number of hydrogen-bond acceptors (Lipinski definition) is 5. The smallest absolute Gasteiger partial charge is 0.245 e. The van der Waals surface area contributed by atoms with Crippen LogP contribution in [0.1, 0.15) is 76.8 Å². The summed E-state index contributed by atoms with van der Waals surface area (Å²) in [5.74, 6) is -0.425. The van der Waals surface area contributed by atoms with Crippen LogP contribution in [0.25, 0.3) is 0 Å². The Morgan fingerprint density at radius 2 is 1.74 bits per heavy atom. The largest absolute Gasteiger partial charge is 0.344 e. The highest BCUT2D eigenvalue weighted by atomic mass is 16.5. The highest BCUT2D eigenvalue weighted by Crippen LogP contribution is 2.32. The Hall–Kier alpha value is -2.45. The summed E-state index contributed by atoms with van der Waals surface area (Å²) < 4.78 is 0. The zero-order valence-electron chi connectivity index (χ0n) is 23.4. The lowest BCUT2D eigenvalue weighted by Crippen LogP contribution is -2.58. The van der Waals surface area contributed by atoms with Crippen LogP contribution in [-0.2, 0) is 27.3 Å². The summed E-state index contributed by atoms with van der Waals surface area (Å²) in [6.07, 6.45) is 8.33. The first-order valence-electron chi connectivity index (χ1n) is 14.5. The first-order valence-corrected chi connectivity index (χ1v) is 14.5. The van der Waals surface area contributed by atoms with E-state index in [4.69, 9.17) is 0 Å². The van der Waals surface area contributed by atoms with Crippen molar-refractivity contribution in [2.75, 3.05) is 26.2 Å². The highest BCUT2D eigenvalue weighted by Gasteiger charge is 2.39. The number of hydroxylamine groups is 2. The molecule has 2 N–H and O–H groups in total. The first-order chi connectivity index (χ1) is 18.2. The minimum atomic E-state index is -0.664. The van der Waals surface area contributed by atoms with Crippen LogP contribution >= 0.6 is 0 Å². The first kappa shape index (κ1) is 28.6. The van der Waals surface area contributed by atoms with Crippen molar-refractivity contribution < 1.29 is 19.6 Å². The van der Waals surface area contributed by atoms with Gasteiger partial charge in [-0.2, -0.15) is 0 Å². The summed E-state index contributed by atoms with van der Waals surface area (Å²) in [4.78, 5) is 42.8. The molecule has 38 heavy (non-hydrogen) atoms. The van der Waals surface area contributed by atoms with Crippen LogP contribution in [0.3, 0.4) is 0 Å². The lowest BCUT2D eigenvalue weighted by atomic mass is 9.84. The van der Waals surface area contributed by atoms with Crippen LogP contribution in [0.15, 0.2) is 24.3 Å². The molecule has 4 rings (SSSR count). The molecule has 1 saturated carbocycles. The van der Waals surface area contributed by atoms with Crippen molar-refractivity contribution in [3.05, 3.63) is 35.4 Å². The van der Waals surface area contributed by atoms with Gasteiger partial charge >= 0.3 is 0 Å². The van der Waals surface area contributed by atoms with Crippen molar-refractivity contribution in [3.63, 3.8) is 0 Å². The monoisotopic (exact) mass is 526 g/mol. The fourth-order valence-corrected chi connectivity index (χ4v) is 6.55. The number of nitrogens with zero attached hydrogens (tertiary/aromatic N) is 3. The third-order valence-corrected chi connectivity index (χ3v) is 8.84. The molecule has 0 aromatic heterocycles. The molecule has 8 heteroatoms. The van der Waals surface area contributed by atoms with E-state index < -0.39 is 17.4 Å². The van der Waals surface area contributed by atoms with Crippen LogP contribution < -0.4 is 5.32 Å². The Bertz CT molecular complexity index is 963. The van der Waals surface area contributed by atoms with Crippen LogP contribution in [0.4, 0.5) is 0 Å². The van der Waals surface area contributed by atoms with Gasteiger partial charge in [-0.3, -0.25) is 24.5 Å². The lowest BCUT2D eigenvalue weighted by Gasteiger charge is -2.42. The predicted octanol–water partition coefficient (Wildman–Crippen LogP) is 3.61. The van der Waals surface area contributed by atoms with E-state index in [0.29, 0.717) is 42.9 Å². The maximum Gasteiger partial charge on any atom is 0.245 e. The summed E-state index contributed by atoms with van der Waals surface area (Å²) in [5, 5.41) is 13.5. The average Bonchev–Trinajstić information content (AvgIpc) is 3.43. The summed E-state index contributed by atoms with van der Waals surface area (Å²) in [6, 6.07) is 8.47. The minimum absolute atomic E-state index is 0.0378. The number of carbonyl (C=O) groups is 3. The maximum absolute atomic E-state index is 13.8. The van der Waals surface area contributed by atoms with E-state index in [1.807, 2.05) is 25.7 Å². The summed E-state index contributed by atoms with van der Waals surface area (Å²) in [7, 11) is 0. The predicted molar refractivity (Wildman–Crippen MR) is 146 cm³/mol. The Balaban J connectivity index is 1.36. The molecule has 0 spiro atoms. The molecule has 0 radical (unpaired) electrons. The number of benzene rings is 1. The molecule has 1 aromatic rings. The molecule has 1 aliphatic carbocycles. The molecule has 0 unspecified atom stereocenters.